The Morgan fingerprint density at radius 3 is 2.33 bits per heavy atom. The van der Waals surface area contributed by atoms with Crippen LogP contribution in [0.25, 0.3) is 0 Å². The van der Waals surface area contributed by atoms with Crippen LogP contribution in [0.1, 0.15) is 13.3 Å². The fourth-order valence-corrected chi connectivity index (χ4v) is 0.656. The summed E-state index contributed by atoms with van der Waals surface area (Å²) in [6, 6.07) is 0. The third kappa shape index (κ3) is 4.35. The minimum atomic E-state index is -0.774. The van der Waals surface area contributed by atoms with E-state index in [4.69, 9.17) is 17.2 Å². The van der Waals surface area contributed by atoms with Gasteiger partial charge in [0.2, 0.25) is 0 Å². The summed E-state index contributed by atoms with van der Waals surface area (Å²) in [7, 11) is 0. The number of rotatable bonds is 4. The molecule has 0 heterocycles. The van der Waals surface area contributed by atoms with Crippen LogP contribution >= 0.6 is 0 Å². The Kier molecular flexibility index (Phi) is 3.72. The predicted octanol–water partition coefficient (Wildman–Crippen LogP) is -1.48. The quantitative estimate of drug-likeness (QED) is 0.351. The van der Waals surface area contributed by atoms with Crippen molar-refractivity contribution < 1.29 is 0 Å². The van der Waals surface area contributed by atoms with E-state index in [1.54, 1.807) is 0 Å². The van der Waals surface area contributed by atoms with Crippen LogP contribution in [0.15, 0.2) is 0 Å². The van der Waals surface area contributed by atoms with Crippen LogP contribution in [-0.4, -0.2) is 18.9 Å². The van der Waals surface area contributed by atoms with Crippen molar-refractivity contribution in [2.75, 3.05) is 13.1 Å². The average molecular weight is 132 g/mol. The lowest BCUT2D eigenvalue weighted by atomic mass is 10.2. The number of hydrogen-bond acceptors (Lipinski definition) is 4. The number of hydrogen-bond donors (Lipinski definition) is 4. The van der Waals surface area contributed by atoms with E-state index in [0.717, 1.165) is 6.54 Å². The van der Waals surface area contributed by atoms with E-state index < -0.39 is 5.79 Å². The standard InChI is InChI=1S/C5H16N4/c1-2-9-5(7,8)3-4-6/h9H,2-4,6-8H2,1H3. The Labute approximate surface area is 55.8 Å². The van der Waals surface area contributed by atoms with Crippen LogP contribution < -0.4 is 22.5 Å². The highest BCUT2D eigenvalue weighted by molar-refractivity contribution is 4.72. The van der Waals surface area contributed by atoms with Crippen molar-refractivity contribution in [2.24, 2.45) is 17.2 Å². The van der Waals surface area contributed by atoms with E-state index in [9.17, 15) is 0 Å². The molecule has 0 rings (SSSR count). The monoisotopic (exact) mass is 132 g/mol. The van der Waals surface area contributed by atoms with Crippen LogP contribution in [0.5, 0.6) is 0 Å². The van der Waals surface area contributed by atoms with Crippen LogP contribution in [-0.2, 0) is 0 Å². The molecule has 4 nitrogen and oxygen atoms in total. The Morgan fingerprint density at radius 2 is 2.00 bits per heavy atom. The third-order valence-electron chi connectivity index (χ3n) is 1.06. The largest absolute Gasteiger partial charge is 0.330 e. The molecule has 4 heteroatoms. The normalized spacial score (nSPS) is 12.0. The van der Waals surface area contributed by atoms with Gasteiger partial charge in [-0.2, -0.15) is 0 Å². The molecule has 0 aliphatic heterocycles. The van der Waals surface area contributed by atoms with Gasteiger partial charge in [-0.05, 0) is 13.1 Å². The van der Waals surface area contributed by atoms with Crippen LogP contribution in [0.2, 0.25) is 0 Å². The van der Waals surface area contributed by atoms with Crippen molar-refractivity contribution in [3.8, 4) is 0 Å². The molecule has 0 aliphatic rings. The van der Waals surface area contributed by atoms with E-state index in [1.165, 1.54) is 0 Å². The summed E-state index contributed by atoms with van der Waals surface area (Å²) < 4.78 is 0. The highest BCUT2D eigenvalue weighted by atomic mass is 15.2. The highest BCUT2D eigenvalue weighted by Gasteiger charge is 2.14. The van der Waals surface area contributed by atoms with Gasteiger partial charge in [-0.25, -0.2) is 0 Å². The van der Waals surface area contributed by atoms with E-state index in [0.29, 0.717) is 13.0 Å². The lowest BCUT2D eigenvalue weighted by Crippen LogP contribution is -2.61. The zero-order chi connectivity index (χ0) is 7.33. The molecule has 0 saturated carbocycles. The van der Waals surface area contributed by atoms with Crippen LogP contribution in [0.4, 0.5) is 0 Å². The Morgan fingerprint density at radius 1 is 1.44 bits per heavy atom. The molecule has 0 unspecified atom stereocenters. The molecule has 0 aromatic heterocycles. The summed E-state index contributed by atoms with van der Waals surface area (Å²) in [6.07, 6.45) is 0.598. The zero-order valence-corrected chi connectivity index (χ0v) is 5.85. The zero-order valence-electron chi connectivity index (χ0n) is 5.85. The van der Waals surface area contributed by atoms with Gasteiger partial charge in [0, 0.05) is 6.42 Å². The van der Waals surface area contributed by atoms with Crippen molar-refractivity contribution in [3.05, 3.63) is 0 Å². The maximum Gasteiger partial charge on any atom is 0.119 e. The number of nitrogens with two attached hydrogens (primary N) is 3. The first-order valence-corrected chi connectivity index (χ1v) is 3.15. The molecule has 0 aliphatic carbocycles. The van der Waals surface area contributed by atoms with E-state index >= 15 is 0 Å². The molecule has 9 heavy (non-hydrogen) atoms. The van der Waals surface area contributed by atoms with Gasteiger partial charge < -0.3 is 17.2 Å². The van der Waals surface area contributed by atoms with Gasteiger partial charge in [0.05, 0.1) is 0 Å². The Balaban J connectivity index is 3.43. The molecule has 0 atom stereocenters. The molecule has 0 amide bonds. The molecule has 56 valence electrons. The van der Waals surface area contributed by atoms with Crippen molar-refractivity contribution in [1.82, 2.24) is 5.32 Å². The lowest BCUT2D eigenvalue weighted by molar-refractivity contribution is 0.335. The lowest BCUT2D eigenvalue weighted by Gasteiger charge is -2.24. The summed E-state index contributed by atoms with van der Waals surface area (Å²) >= 11 is 0. The number of nitrogens with one attached hydrogen (secondary N) is 1. The molecule has 7 N–H and O–H groups in total. The molecular weight excluding hydrogens is 116 g/mol. The maximum atomic E-state index is 5.52. The molecule has 0 fully saturated rings. The molecule has 0 aromatic rings. The predicted molar refractivity (Wildman–Crippen MR) is 38.5 cm³/mol. The van der Waals surface area contributed by atoms with Gasteiger partial charge in [-0.15, -0.1) is 0 Å². The first-order valence-electron chi connectivity index (χ1n) is 3.15. The van der Waals surface area contributed by atoms with Gasteiger partial charge in [-0.3, -0.25) is 5.32 Å². The molecule has 0 radical (unpaired) electrons. The minimum absolute atomic E-state index is 0.514. The first-order chi connectivity index (χ1) is 4.12. The fraction of sp³-hybridized carbons (Fsp3) is 1.00. The first kappa shape index (κ1) is 8.84. The van der Waals surface area contributed by atoms with Crippen molar-refractivity contribution in [1.29, 1.82) is 0 Å². The van der Waals surface area contributed by atoms with Crippen molar-refractivity contribution in [2.45, 2.75) is 19.1 Å². The average Bonchev–Trinajstić information content (AvgIpc) is 1.64. The topological polar surface area (TPSA) is 90.1 Å². The molecule has 0 aromatic carbocycles. The van der Waals surface area contributed by atoms with Gasteiger partial charge in [0.15, 0.2) is 0 Å². The van der Waals surface area contributed by atoms with Gasteiger partial charge in [0.25, 0.3) is 0 Å². The maximum absolute atomic E-state index is 5.52. The van der Waals surface area contributed by atoms with Gasteiger partial charge in [-0.1, -0.05) is 6.92 Å². The summed E-state index contributed by atoms with van der Waals surface area (Å²) in [6.45, 7) is 3.23. The second kappa shape index (κ2) is 3.79. The summed E-state index contributed by atoms with van der Waals surface area (Å²) in [5, 5.41) is 2.90. The molecule has 0 spiro atoms. The second-order valence-electron chi connectivity index (χ2n) is 2.11. The highest BCUT2D eigenvalue weighted by Crippen LogP contribution is 1.88. The van der Waals surface area contributed by atoms with E-state index in [2.05, 4.69) is 5.32 Å². The van der Waals surface area contributed by atoms with Gasteiger partial charge >= 0.3 is 0 Å². The molecule has 0 bridgehead atoms. The third-order valence-corrected chi connectivity index (χ3v) is 1.06. The molecule has 0 saturated heterocycles. The Hall–Kier alpha value is -0.160. The van der Waals surface area contributed by atoms with Crippen molar-refractivity contribution in [3.63, 3.8) is 0 Å². The summed E-state index contributed by atoms with van der Waals surface area (Å²) in [5.74, 6) is -0.774. The van der Waals surface area contributed by atoms with E-state index in [-0.39, 0.29) is 0 Å². The van der Waals surface area contributed by atoms with E-state index in [1.807, 2.05) is 6.92 Å². The second-order valence-corrected chi connectivity index (χ2v) is 2.11. The fourth-order valence-electron chi connectivity index (χ4n) is 0.656. The minimum Gasteiger partial charge on any atom is -0.330 e. The van der Waals surface area contributed by atoms with Crippen molar-refractivity contribution >= 4 is 0 Å². The summed E-state index contributed by atoms with van der Waals surface area (Å²) in [5.41, 5.74) is 16.3. The summed E-state index contributed by atoms with van der Waals surface area (Å²) in [4.78, 5) is 0. The molecular formula is C5H16N4. The SMILES string of the molecule is CCNC(N)(N)CCN. The van der Waals surface area contributed by atoms with Crippen LogP contribution in [0.3, 0.4) is 0 Å². The van der Waals surface area contributed by atoms with Gasteiger partial charge in [0.1, 0.15) is 5.79 Å². The smallest absolute Gasteiger partial charge is 0.119 e. The van der Waals surface area contributed by atoms with Crippen LogP contribution in [0, 0.1) is 0 Å². The Bertz CT molecular complexity index is 63.4.